The van der Waals surface area contributed by atoms with Gasteiger partial charge in [-0.15, -0.1) is 0 Å². The van der Waals surface area contributed by atoms with E-state index in [-0.39, 0.29) is 11.8 Å². The van der Waals surface area contributed by atoms with E-state index in [1.807, 2.05) is 42.5 Å². The van der Waals surface area contributed by atoms with Crippen molar-refractivity contribution in [2.75, 3.05) is 26.2 Å². The number of benzene rings is 2. The molecule has 0 atom stereocenters. The van der Waals surface area contributed by atoms with Gasteiger partial charge in [0.2, 0.25) is 0 Å². The SMILES string of the molecule is O=C(O)CCN1CCC2(CC1)COc1cc(Oc3ccccc3)ccc12. The molecular formula is C21H23NO4. The van der Waals surface area contributed by atoms with Crippen LogP contribution in [0, 0.1) is 0 Å². The Labute approximate surface area is 153 Å². The van der Waals surface area contributed by atoms with E-state index in [0.717, 1.165) is 43.2 Å². The number of hydrogen-bond donors (Lipinski definition) is 1. The molecule has 4 rings (SSSR count). The lowest BCUT2D eigenvalue weighted by Crippen LogP contribution is -2.44. The van der Waals surface area contributed by atoms with Gasteiger partial charge in [0.15, 0.2) is 0 Å². The quantitative estimate of drug-likeness (QED) is 0.889. The lowest BCUT2D eigenvalue weighted by Gasteiger charge is -2.38. The summed E-state index contributed by atoms with van der Waals surface area (Å²) in [5.74, 6) is 1.78. The molecule has 2 aliphatic heterocycles. The van der Waals surface area contributed by atoms with Crippen molar-refractivity contribution in [2.45, 2.75) is 24.7 Å². The third-order valence-corrected chi connectivity index (χ3v) is 5.46. The van der Waals surface area contributed by atoms with Crippen LogP contribution in [0.4, 0.5) is 0 Å². The van der Waals surface area contributed by atoms with Gasteiger partial charge < -0.3 is 19.5 Å². The molecule has 0 radical (unpaired) electrons. The number of carbonyl (C=O) groups is 1. The fourth-order valence-electron chi connectivity index (χ4n) is 3.91. The normalized spacial score (nSPS) is 18.3. The molecule has 0 unspecified atom stereocenters. The van der Waals surface area contributed by atoms with Crippen LogP contribution in [0.1, 0.15) is 24.8 Å². The van der Waals surface area contributed by atoms with Crippen molar-refractivity contribution in [1.29, 1.82) is 0 Å². The summed E-state index contributed by atoms with van der Waals surface area (Å²) in [5, 5.41) is 8.85. The Kier molecular flexibility index (Phi) is 4.55. The van der Waals surface area contributed by atoms with Crippen molar-refractivity contribution >= 4 is 5.97 Å². The van der Waals surface area contributed by atoms with Crippen molar-refractivity contribution in [3.63, 3.8) is 0 Å². The van der Waals surface area contributed by atoms with E-state index >= 15 is 0 Å². The molecule has 1 fully saturated rings. The first-order valence-corrected chi connectivity index (χ1v) is 9.09. The monoisotopic (exact) mass is 353 g/mol. The van der Waals surface area contributed by atoms with Crippen LogP contribution in [0.25, 0.3) is 0 Å². The standard InChI is InChI=1S/C21H23NO4/c23-20(24)8-11-22-12-9-21(10-13-22)15-25-19-14-17(6-7-18(19)21)26-16-4-2-1-3-5-16/h1-7,14H,8-13,15H2,(H,23,24). The van der Waals surface area contributed by atoms with Gasteiger partial charge in [-0.1, -0.05) is 24.3 Å². The second-order valence-corrected chi connectivity index (χ2v) is 7.13. The summed E-state index contributed by atoms with van der Waals surface area (Å²) in [4.78, 5) is 13.0. The molecule has 5 heteroatoms. The topological polar surface area (TPSA) is 59.0 Å². The van der Waals surface area contributed by atoms with Gasteiger partial charge in [0.05, 0.1) is 13.0 Å². The maximum atomic E-state index is 10.8. The number of carboxylic acids is 1. The van der Waals surface area contributed by atoms with Crippen LogP contribution in [-0.2, 0) is 10.2 Å². The third-order valence-electron chi connectivity index (χ3n) is 5.46. The molecular weight excluding hydrogens is 330 g/mol. The second-order valence-electron chi connectivity index (χ2n) is 7.13. The Morgan fingerprint density at radius 1 is 1.12 bits per heavy atom. The summed E-state index contributed by atoms with van der Waals surface area (Å²) < 4.78 is 11.9. The van der Waals surface area contributed by atoms with E-state index in [4.69, 9.17) is 14.6 Å². The molecule has 2 aliphatic rings. The first-order chi connectivity index (χ1) is 12.6. The highest BCUT2D eigenvalue weighted by atomic mass is 16.5. The Hall–Kier alpha value is -2.53. The average Bonchev–Trinajstić information content (AvgIpc) is 3.00. The number of aliphatic carboxylic acids is 1. The zero-order valence-electron chi connectivity index (χ0n) is 14.7. The van der Waals surface area contributed by atoms with E-state index in [0.29, 0.717) is 13.2 Å². The molecule has 1 saturated heterocycles. The van der Waals surface area contributed by atoms with Gasteiger partial charge in [-0.2, -0.15) is 0 Å². The molecule has 26 heavy (non-hydrogen) atoms. The highest BCUT2D eigenvalue weighted by Crippen LogP contribution is 2.47. The van der Waals surface area contributed by atoms with Gasteiger partial charge in [0, 0.05) is 23.6 Å². The molecule has 0 amide bonds. The van der Waals surface area contributed by atoms with Crippen LogP contribution < -0.4 is 9.47 Å². The molecule has 1 spiro atoms. The Bertz CT molecular complexity index is 782. The van der Waals surface area contributed by atoms with Gasteiger partial charge >= 0.3 is 5.97 Å². The maximum absolute atomic E-state index is 10.8. The molecule has 0 saturated carbocycles. The molecule has 1 N–H and O–H groups in total. The highest BCUT2D eigenvalue weighted by Gasteiger charge is 2.43. The lowest BCUT2D eigenvalue weighted by atomic mass is 9.74. The van der Waals surface area contributed by atoms with E-state index in [1.54, 1.807) is 0 Å². The smallest absolute Gasteiger partial charge is 0.304 e. The van der Waals surface area contributed by atoms with Crippen LogP contribution in [0.15, 0.2) is 48.5 Å². The zero-order valence-corrected chi connectivity index (χ0v) is 14.7. The molecule has 0 aromatic heterocycles. The van der Waals surface area contributed by atoms with Crippen LogP contribution in [0.5, 0.6) is 17.2 Å². The zero-order chi connectivity index (χ0) is 18.0. The largest absolute Gasteiger partial charge is 0.492 e. The Morgan fingerprint density at radius 2 is 1.88 bits per heavy atom. The van der Waals surface area contributed by atoms with Crippen LogP contribution in [-0.4, -0.2) is 42.2 Å². The number of nitrogens with zero attached hydrogens (tertiary/aromatic N) is 1. The summed E-state index contributed by atoms with van der Waals surface area (Å²) in [6, 6.07) is 15.9. The Morgan fingerprint density at radius 3 is 2.62 bits per heavy atom. The van der Waals surface area contributed by atoms with Gasteiger partial charge in [0.25, 0.3) is 0 Å². The number of ether oxygens (including phenoxy) is 2. The fraction of sp³-hybridized carbons (Fsp3) is 0.381. The van der Waals surface area contributed by atoms with E-state index in [9.17, 15) is 4.79 Å². The van der Waals surface area contributed by atoms with Crippen molar-refractivity contribution in [1.82, 2.24) is 4.90 Å². The highest BCUT2D eigenvalue weighted by molar-refractivity contribution is 5.66. The maximum Gasteiger partial charge on any atom is 0.304 e. The minimum absolute atomic E-state index is 0.0559. The Balaban J connectivity index is 1.44. The van der Waals surface area contributed by atoms with Crippen molar-refractivity contribution in [3.05, 3.63) is 54.1 Å². The predicted molar refractivity (Wildman–Crippen MR) is 98.1 cm³/mol. The number of hydrogen-bond acceptors (Lipinski definition) is 4. The second kappa shape index (κ2) is 7.00. The molecule has 2 aromatic rings. The van der Waals surface area contributed by atoms with E-state index in [1.165, 1.54) is 5.56 Å². The molecule has 0 bridgehead atoms. The van der Waals surface area contributed by atoms with Gasteiger partial charge in [-0.25, -0.2) is 0 Å². The predicted octanol–water partition coefficient (Wildman–Crippen LogP) is 3.68. The van der Waals surface area contributed by atoms with Gasteiger partial charge in [0.1, 0.15) is 17.2 Å². The number of fused-ring (bicyclic) bond motifs is 2. The molecule has 2 heterocycles. The first kappa shape index (κ1) is 16.9. The molecule has 0 aliphatic carbocycles. The number of piperidine rings is 1. The van der Waals surface area contributed by atoms with Crippen LogP contribution >= 0.6 is 0 Å². The molecule has 5 nitrogen and oxygen atoms in total. The van der Waals surface area contributed by atoms with Crippen molar-refractivity contribution < 1.29 is 19.4 Å². The van der Waals surface area contributed by atoms with Gasteiger partial charge in [-0.3, -0.25) is 4.79 Å². The molecule has 136 valence electrons. The van der Waals surface area contributed by atoms with Gasteiger partial charge in [-0.05, 0) is 44.1 Å². The lowest BCUT2D eigenvalue weighted by molar-refractivity contribution is -0.137. The average molecular weight is 353 g/mol. The fourth-order valence-corrected chi connectivity index (χ4v) is 3.91. The van der Waals surface area contributed by atoms with Crippen LogP contribution in [0.2, 0.25) is 0 Å². The summed E-state index contributed by atoms with van der Waals surface area (Å²) in [6.07, 6.45) is 2.21. The summed E-state index contributed by atoms with van der Waals surface area (Å²) in [7, 11) is 0. The number of rotatable bonds is 5. The van der Waals surface area contributed by atoms with E-state index < -0.39 is 5.97 Å². The number of para-hydroxylation sites is 1. The van der Waals surface area contributed by atoms with Crippen molar-refractivity contribution in [3.8, 4) is 17.2 Å². The molecule has 2 aromatic carbocycles. The van der Waals surface area contributed by atoms with E-state index in [2.05, 4.69) is 11.0 Å². The summed E-state index contributed by atoms with van der Waals surface area (Å²) >= 11 is 0. The third kappa shape index (κ3) is 3.40. The van der Waals surface area contributed by atoms with Crippen molar-refractivity contribution in [2.24, 2.45) is 0 Å². The number of likely N-dealkylation sites (tertiary alicyclic amines) is 1. The minimum atomic E-state index is -0.731. The van der Waals surface area contributed by atoms with Crippen LogP contribution in [0.3, 0.4) is 0 Å². The number of carboxylic acid groups (broad SMARTS) is 1. The summed E-state index contributed by atoms with van der Waals surface area (Å²) in [5.41, 5.74) is 1.32. The summed E-state index contributed by atoms with van der Waals surface area (Å²) in [6.45, 7) is 3.16. The minimum Gasteiger partial charge on any atom is -0.492 e. The first-order valence-electron chi connectivity index (χ1n) is 9.09.